The molecule has 3 amide bonds. The fraction of sp³-hybridized carbons (Fsp3) is 0.880. The average Bonchev–Trinajstić information content (AvgIpc) is 3.12. The molecule has 33 heavy (non-hydrogen) atoms. The van der Waals surface area contributed by atoms with Crippen LogP contribution in [-0.4, -0.2) is 57.2 Å². The minimum absolute atomic E-state index is 0.00223. The van der Waals surface area contributed by atoms with E-state index in [0.29, 0.717) is 24.7 Å². The van der Waals surface area contributed by atoms with Gasteiger partial charge < -0.3 is 25.8 Å². The zero-order valence-electron chi connectivity index (χ0n) is 20.3. The fourth-order valence-corrected chi connectivity index (χ4v) is 8.16. The molecule has 5 rings (SSSR count). The van der Waals surface area contributed by atoms with Crippen LogP contribution in [0.15, 0.2) is 0 Å². The van der Waals surface area contributed by atoms with Crippen molar-refractivity contribution in [2.24, 2.45) is 34.8 Å². The van der Waals surface area contributed by atoms with E-state index in [2.05, 4.69) is 12.2 Å². The molecule has 4 aliphatic carbocycles. The smallest absolute Gasteiger partial charge is 0.408 e. The number of aliphatic hydroxyl groups is 1. The first-order valence-corrected chi connectivity index (χ1v) is 12.7. The predicted octanol–water partition coefficient (Wildman–Crippen LogP) is 2.32. The first-order valence-electron chi connectivity index (χ1n) is 12.7. The number of ether oxygens (including phenoxy) is 1. The Balaban J connectivity index is 1.52. The van der Waals surface area contributed by atoms with E-state index in [9.17, 15) is 19.5 Å². The number of nitrogens with one attached hydrogen (secondary N) is 1. The van der Waals surface area contributed by atoms with Crippen LogP contribution in [0, 0.1) is 29.1 Å². The third-order valence-corrected chi connectivity index (χ3v) is 9.42. The van der Waals surface area contributed by atoms with Crippen molar-refractivity contribution in [1.29, 1.82) is 0 Å². The van der Waals surface area contributed by atoms with Gasteiger partial charge in [-0.25, -0.2) is 4.79 Å². The van der Waals surface area contributed by atoms with Gasteiger partial charge in [0.1, 0.15) is 17.7 Å². The minimum Gasteiger partial charge on any atom is -0.444 e. The summed E-state index contributed by atoms with van der Waals surface area (Å²) in [7, 11) is 0. The first-order chi connectivity index (χ1) is 15.3. The Labute approximate surface area is 196 Å². The van der Waals surface area contributed by atoms with Gasteiger partial charge in [0, 0.05) is 11.5 Å². The highest BCUT2D eigenvalue weighted by Gasteiger charge is 2.66. The van der Waals surface area contributed by atoms with E-state index >= 15 is 0 Å². The Hall–Kier alpha value is -1.83. The van der Waals surface area contributed by atoms with Crippen molar-refractivity contribution < 1.29 is 24.2 Å². The molecular weight excluding hydrogens is 422 g/mol. The highest BCUT2D eigenvalue weighted by molar-refractivity contribution is 5.93. The van der Waals surface area contributed by atoms with E-state index in [1.807, 2.05) is 0 Å². The summed E-state index contributed by atoms with van der Waals surface area (Å²) in [5, 5.41) is 14.4. The number of carbonyl (C=O) groups excluding carboxylic acids is 3. The van der Waals surface area contributed by atoms with Crippen molar-refractivity contribution in [3.05, 3.63) is 0 Å². The van der Waals surface area contributed by atoms with Crippen molar-refractivity contribution in [2.75, 3.05) is 0 Å². The molecule has 8 heteroatoms. The van der Waals surface area contributed by atoms with Crippen LogP contribution in [0.2, 0.25) is 0 Å². The Morgan fingerprint density at radius 1 is 1.18 bits per heavy atom. The third-order valence-electron chi connectivity index (χ3n) is 9.42. The molecule has 0 aromatic rings. The zero-order valence-corrected chi connectivity index (χ0v) is 20.3. The SMILES string of the molecule is C[C@H]1[C@H]2C[C@@H](C(N)=O)N(C(=O)[C@@H](NC(=O)OC(C)(C)C)C34CC5CCC3CCC(O)(C5)C4)[C@@H]12. The number of nitrogens with two attached hydrogens (primary N) is 1. The number of piperidine rings is 1. The van der Waals surface area contributed by atoms with Crippen LogP contribution < -0.4 is 11.1 Å². The van der Waals surface area contributed by atoms with Crippen LogP contribution in [0.3, 0.4) is 0 Å². The Morgan fingerprint density at radius 2 is 1.91 bits per heavy atom. The Morgan fingerprint density at radius 3 is 2.58 bits per heavy atom. The molecule has 1 saturated heterocycles. The molecule has 0 aromatic carbocycles. The van der Waals surface area contributed by atoms with Crippen molar-refractivity contribution in [1.82, 2.24) is 10.2 Å². The maximum Gasteiger partial charge on any atom is 0.408 e. The zero-order chi connectivity index (χ0) is 23.9. The van der Waals surface area contributed by atoms with E-state index in [-0.39, 0.29) is 23.8 Å². The summed E-state index contributed by atoms with van der Waals surface area (Å²) < 4.78 is 5.57. The quantitative estimate of drug-likeness (QED) is 0.593. The van der Waals surface area contributed by atoms with E-state index in [1.165, 1.54) is 0 Å². The highest BCUT2D eigenvalue weighted by Crippen LogP contribution is 2.63. The van der Waals surface area contributed by atoms with Gasteiger partial charge in [0.15, 0.2) is 0 Å². The first kappa shape index (κ1) is 22.9. The van der Waals surface area contributed by atoms with Gasteiger partial charge in [0.2, 0.25) is 11.8 Å². The second-order valence-electron chi connectivity index (χ2n) is 12.7. The lowest BCUT2D eigenvalue weighted by atomic mass is 9.46. The second-order valence-corrected chi connectivity index (χ2v) is 12.7. The van der Waals surface area contributed by atoms with Crippen molar-refractivity contribution in [3.8, 4) is 0 Å². The summed E-state index contributed by atoms with van der Waals surface area (Å²) in [6.07, 6.45) is 5.71. The third kappa shape index (κ3) is 3.72. The lowest BCUT2D eigenvalue weighted by Crippen LogP contribution is -2.68. The second kappa shape index (κ2) is 7.33. The number of hydrogen-bond donors (Lipinski definition) is 3. The van der Waals surface area contributed by atoms with Crippen molar-refractivity contribution >= 4 is 17.9 Å². The van der Waals surface area contributed by atoms with Gasteiger partial charge in [-0.1, -0.05) is 13.3 Å². The molecule has 9 atom stereocenters. The molecule has 1 heterocycles. The summed E-state index contributed by atoms with van der Waals surface area (Å²) in [4.78, 5) is 41.2. The van der Waals surface area contributed by atoms with Crippen molar-refractivity contribution in [3.63, 3.8) is 0 Å². The molecule has 5 fully saturated rings. The van der Waals surface area contributed by atoms with Crippen LogP contribution in [0.1, 0.15) is 79.1 Å². The van der Waals surface area contributed by atoms with Crippen LogP contribution in [0.4, 0.5) is 4.79 Å². The molecule has 0 spiro atoms. The largest absolute Gasteiger partial charge is 0.444 e. The van der Waals surface area contributed by atoms with Gasteiger partial charge in [-0.2, -0.15) is 0 Å². The number of amides is 3. The molecule has 0 radical (unpaired) electrons. The molecule has 184 valence electrons. The average molecular weight is 462 g/mol. The highest BCUT2D eigenvalue weighted by atomic mass is 16.6. The maximum absolute atomic E-state index is 14.3. The fourth-order valence-electron chi connectivity index (χ4n) is 8.16. The molecule has 5 aliphatic rings. The number of carbonyl (C=O) groups is 3. The standard InChI is InChI=1S/C25H39N3O5/c1-13-16-9-17(20(26)29)28(18(13)16)21(30)19(27-22(31)33-23(2,3)4)25-11-14-5-6-15(25)7-8-24(32,10-14)12-25/h13-19,32H,5-12H2,1-4H3,(H2,26,29)(H,27,31)/t13-,14?,15?,16+,17-,18-,19+,24?,25?/m0/s1. The number of nitrogens with zero attached hydrogens (tertiary/aromatic N) is 1. The van der Waals surface area contributed by atoms with Crippen LogP contribution in [0.5, 0.6) is 0 Å². The lowest BCUT2D eigenvalue weighted by molar-refractivity contribution is -0.178. The van der Waals surface area contributed by atoms with Crippen LogP contribution >= 0.6 is 0 Å². The summed E-state index contributed by atoms with van der Waals surface area (Å²) in [6.45, 7) is 7.49. The monoisotopic (exact) mass is 461 g/mol. The van der Waals surface area contributed by atoms with E-state index < -0.39 is 40.7 Å². The van der Waals surface area contributed by atoms with E-state index in [1.54, 1.807) is 25.7 Å². The van der Waals surface area contributed by atoms with Gasteiger partial charge in [0.25, 0.3) is 0 Å². The van der Waals surface area contributed by atoms with Gasteiger partial charge in [-0.3, -0.25) is 9.59 Å². The molecular formula is C25H39N3O5. The van der Waals surface area contributed by atoms with Crippen LogP contribution in [0.25, 0.3) is 0 Å². The van der Waals surface area contributed by atoms with Gasteiger partial charge in [-0.05, 0) is 89.4 Å². The number of likely N-dealkylation sites (tertiary alicyclic amines) is 1. The summed E-state index contributed by atoms with van der Waals surface area (Å²) in [5.74, 6) is 0.502. The molecule has 3 bridgehead atoms. The summed E-state index contributed by atoms with van der Waals surface area (Å²) in [6, 6.07) is -1.47. The van der Waals surface area contributed by atoms with Gasteiger partial charge >= 0.3 is 6.09 Å². The number of hydrogen-bond acceptors (Lipinski definition) is 5. The number of primary amides is 1. The molecule has 4 saturated carbocycles. The topological polar surface area (TPSA) is 122 Å². The summed E-state index contributed by atoms with van der Waals surface area (Å²) in [5.41, 5.74) is 3.69. The molecule has 4 unspecified atom stereocenters. The Kier molecular flexibility index (Phi) is 5.10. The Bertz CT molecular complexity index is 871. The van der Waals surface area contributed by atoms with E-state index in [0.717, 1.165) is 38.5 Å². The van der Waals surface area contributed by atoms with Gasteiger partial charge in [0.05, 0.1) is 5.60 Å². The molecule has 1 aliphatic heterocycles. The summed E-state index contributed by atoms with van der Waals surface area (Å²) >= 11 is 0. The van der Waals surface area contributed by atoms with Gasteiger partial charge in [-0.15, -0.1) is 0 Å². The number of rotatable bonds is 4. The molecule has 8 nitrogen and oxygen atoms in total. The number of fused-ring (bicyclic) bond motifs is 3. The molecule has 4 N–H and O–H groups in total. The predicted molar refractivity (Wildman–Crippen MR) is 121 cm³/mol. The molecule has 0 aromatic heterocycles. The van der Waals surface area contributed by atoms with Crippen LogP contribution in [-0.2, 0) is 14.3 Å². The lowest BCUT2D eigenvalue weighted by Gasteiger charge is -2.62. The normalized spacial score (nSPS) is 44.1. The number of alkyl carbamates (subject to hydrolysis) is 1. The van der Waals surface area contributed by atoms with Crippen molar-refractivity contribution in [2.45, 2.75) is 108 Å². The van der Waals surface area contributed by atoms with E-state index in [4.69, 9.17) is 10.5 Å². The maximum atomic E-state index is 14.3. The minimum atomic E-state index is -0.833.